The minimum Gasteiger partial charge on any atom is -0.548 e. The topological polar surface area (TPSA) is 78.9 Å². The first-order valence-corrected chi connectivity index (χ1v) is 9.91. The Morgan fingerprint density at radius 2 is 1.86 bits per heavy atom. The van der Waals surface area contributed by atoms with Crippen LogP contribution in [0, 0.1) is 0 Å². The molecular weight excluding hydrogens is 410 g/mol. The van der Waals surface area contributed by atoms with Crippen molar-refractivity contribution in [3.63, 3.8) is 0 Å². The van der Waals surface area contributed by atoms with Crippen LogP contribution in [0.3, 0.4) is 0 Å². The normalized spacial score (nSPS) is 16.2. The molecule has 29 heavy (non-hydrogen) atoms. The minimum atomic E-state index is -1.35. The van der Waals surface area contributed by atoms with Crippen molar-refractivity contribution in [2.45, 2.75) is 12.5 Å². The summed E-state index contributed by atoms with van der Waals surface area (Å²) in [5, 5.41) is 11.8. The summed E-state index contributed by atoms with van der Waals surface area (Å²) in [5.74, 6) is -0.720. The van der Waals surface area contributed by atoms with Gasteiger partial charge < -0.3 is 19.4 Å². The number of nitrogens with zero attached hydrogens (tertiary/aromatic N) is 1. The van der Waals surface area contributed by atoms with E-state index in [1.54, 1.807) is 36.4 Å². The number of methoxy groups -OCH3 is 2. The summed E-state index contributed by atoms with van der Waals surface area (Å²) in [7, 11) is 3.06. The Balaban J connectivity index is 1.88. The summed E-state index contributed by atoms with van der Waals surface area (Å²) in [5.41, 5.74) is 1.48. The number of carboxylic acid groups (broad SMARTS) is 1. The number of aliphatic carboxylic acids is 1. The maximum absolute atomic E-state index is 12.9. The minimum absolute atomic E-state index is 0.110. The maximum Gasteiger partial charge on any atom is 0.266 e. The van der Waals surface area contributed by atoms with Crippen LogP contribution in [0.2, 0.25) is 0 Å². The molecule has 0 bridgehead atoms. The van der Waals surface area contributed by atoms with E-state index in [2.05, 4.69) is 0 Å². The van der Waals surface area contributed by atoms with Gasteiger partial charge in [-0.15, -0.1) is 0 Å². The maximum atomic E-state index is 12.9. The van der Waals surface area contributed by atoms with Crippen LogP contribution in [0.4, 0.5) is 0 Å². The van der Waals surface area contributed by atoms with Crippen LogP contribution in [0.25, 0.3) is 6.08 Å². The average molecular weight is 429 g/mol. The lowest BCUT2D eigenvalue weighted by Crippen LogP contribution is -2.51. The van der Waals surface area contributed by atoms with Gasteiger partial charge >= 0.3 is 0 Å². The number of hydrogen-bond donors (Lipinski definition) is 0. The molecule has 0 spiro atoms. The van der Waals surface area contributed by atoms with Gasteiger partial charge in [-0.2, -0.15) is 0 Å². The fourth-order valence-electron chi connectivity index (χ4n) is 2.96. The van der Waals surface area contributed by atoms with E-state index in [1.165, 1.54) is 14.2 Å². The Morgan fingerprint density at radius 1 is 1.17 bits per heavy atom. The van der Waals surface area contributed by atoms with Crippen molar-refractivity contribution in [3.8, 4) is 11.5 Å². The molecule has 0 N–H and O–H groups in total. The number of rotatable bonds is 7. The molecule has 6 nitrogen and oxygen atoms in total. The number of thiocarbonyl (C=S) groups is 1. The van der Waals surface area contributed by atoms with E-state index in [-0.39, 0.29) is 10.7 Å². The van der Waals surface area contributed by atoms with E-state index in [4.69, 9.17) is 21.7 Å². The summed E-state index contributed by atoms with van der Waals surface area (Å²) >= 11 is 6.36. The summed E-state index contributed by atoms with van der Waals surface area (Å²) in [6.07, 6.45) is 1.76. The quantitative estimate of drug-likeness (QED) is 0.494. The Bertz CT molecular complexity index is 974. The number of carboxylic acids is 1. The van der Waals surface area contributed by atoms with Gasteiger partial charge in [-0.05, 0) is 35.8 Å². The van der Waals surface area contributed by atoms with Gasteiger partial charge in [0.15, 0.2) is 11.5 Å². The third kappa shape index (κ3) is 4.60. The fraction of sp³-hybridized carbons (Fsp3) is 0.190. The highest BCUT2D eigenvalue weighted by Gasteiger charge is 2.37. The summed E-state index contributed by atoms with van der Waals surface area (Å²) in [6.45, 7) is 0. The van der Waals surface area contributed by atoms with Crippen molar-refractivity contribution in [2.24, 2.45) is 0 Å². The third-order valence-corrected chi connectivity index (χ3v) is 5.71. The van der Waals surface area contributed by atoms with Crippen LogP contribution in [-0.2, 0) is 16.0 Å². The molecular formula is C21H18NO5S2-. The second kappa shape index (κ2) is 9.11. The Hall–Kier alpha value is -2.84. The van der Waals surface area contributed by atoms with Crippen LogP contribution in [0.1, 0.15) is 11.1 Å². The molecule has 1 aliphatic rings. The highest BCUT2D eigenvalue weighted by Crippen LogP contribution is 2.36. The molecule has 0 aliphatic carbocycles. The molecule has 1 unspecified atom stereocenters. The summed E-state index contributed by atoms with van der Waals surface area (Å²) < 4.78 is 10.7. The Morgan fingerprint density at radius 3 is 2.48 bits per heavy atom. The fourth-order valence-corrected chi connectivity index (χ4v) is 4.32. The molecule has 1 aliphatic heterocycles. The molecule has 1 atom stereocenters. The largest absolute Gasteiger partial charge is 0.548 e. The zero-order valence-corrected chi connectivity index (χ0v) is 17.4. The van der Waals surface area contributed by atoms with Gasteiger partial charge in [0.25, 0.3) is 5.91 Å². The van der Waals surface area contributed by atoms with Crippen molar-refractivity contribution in [2.75, 3.05) is 14.2 Å². The standard InChI is InChI=1S/C21H19NO5S2/c1-26-16-9-8-14(11-17(16)27-2)12-18-19(23)22(21(28)29-18)15(20(24)25)10-13-6-4-3-5-7-13/h3-9,11-12,15H,10H2,1-2H3,(H,24,25)/p-1. The first-order valence-electron chi connectivity index (χ1n) is 8.68. The lowest BCUT2D eigenvalue weighted by molar-refractivity contribution is -0.310. The number of ether oxygens (including phenoxy) is 2. The van der Waals surface area contributed by atoms with Crippen LogP contribution in [-0.4, -0.2) is 41.4 Å². The highest BCUT2D eigenvalue weighted by atomic mass is 32.2. The predicted octanol–water partition coefficient (Wildman–Crippen LogP) is 2.27. The van der Waals surface area contributed by atoms with Crippen LogP contribution >= 0.6 is 24.0 Å². The molecule has 2 aromatic carbocycles. The molecule has 0 radical (unpaired) electrons. The van der Waals surface area contributed by atoms with Crippen LogP contribution in [0.15, 0.2) is 53.4 Å². The van der Waals surface area contributed by atoms with Crippen LogP contribution < -0.4 is 14.6 Å². The monoisotopic (exact) mass is 428 g/mol. The van der Waals surface area contributed by atoms with E-state index in [0.29, 0.717) is 22.0 Å². The average Bonchev–Trinajstić information content (AvgIpc) is 2.99. The van der Waals surface area contributed by atoms with Crippen LogP contribution in [0.5, 0.6) is 11.5 Å². The number of carbonyl (C=O) groups is 2. The van der Waals surface area contributed by atoms with Gasteiger partial charge in [0.2, 0.25) is 0 Å². The number of benzene rings is 2. The van der Waals surface area contributed by atoms with Crippen molar-refractivity contribution in [3.05, 3.63) is 64.6 Å². The summed E-state index contributed by atoms with van der Waals surface area (Å²) in [6, 6.07) is 13.1. The van der Waals surface area contributed by atoms with E-state index < -0.39 is 17.9 Å². The first-order chi connectivity index (χ1) is 13.9. The molecule has 3 rings (SSSR count). The third-order valence-electron chi connectivity index (χ3n) is 4.38. The molecule has 1 amide bonds. The molecule has 8 heteroatoms. The van der Waals surface area contributed by atoms with Crippen molar-refractivity contribution < 1.29 is 24.2 Å². The zero-order chi connectivity index (χ0) is 21.0. The Kier molecular flexibility index (Phi) is 6.56. The smallest absolute Gasteiger partial charge is 0.266 e. The molecule has 1 heterocycles. The van der Waals surface area contributed by atoms with E-state index >= 15 is 0 Å². The molecule has 1 fully saturated rings. The molecule has 0 aromatic heterocycles. The summed E-state index contributed by atoms with van der Waals surface area (Å²) in [4.78, 5) is 26.2. The number of amides is 1. The first kappa shape index (κ1) is 20.9. The van der Waals surface area contributed by atoms with Crippen molar-refractivity contribution in [1.29, 1.82) is 0 Å². The van der Waals surface area contributed by atoms with Crippen molar-refractivity contribution >= 4 is 46.3 Å². The number of carbonyl (C=O) groups excluding carboxylic acids is 2. The van der Waals surface area contributed by atoms with Gasteiger partial charge in [-0.1, -0.05) is 60.4 Å². The van der Waals surface area contributed by atoms with Gasteiger partial charge in [0.05, 0.1) is 31.1 Å². The van der Waals surface area contributed by atoms with E-state index in [0.717, 1.165) is 22.2 Å². The number of hydrogen-bond acceptors (Lipinski definition) is 7. The SMILES string of the molecule is COc1ccc(C=C2SC(=S)N(C(Cc3ccccc3)C(=O)[O-])C2=O)cc1OC. The van der Waals surface area contributed by atoms with Gasteiger partial charge in [-0.25, -0.2) is 0 Å². The zero-order valence-electron chi connectivity index (χ0n) is 15.8. The molecule has 2 aromatic rings. The van der Waals surface area contributed by atoms with E-state index in [9.17, 15) is 14.7 Å². The van der Waals surface area contributed by atoms with Gasteiger partial charge in [0, 0.05) is 0 Å². The lowest BCUT2D eigenvalue weighted by Gasteiger charge is -2.27. The molecule has 0 saturated carbocycles. The molecule has 1 saturated heterocycles. The highest BCUT2D eigenvalue weighted by molar-refractivity contribution is 8.26. The van der Waals surface area contributed by atoms with Gasteiger partial charge in [-0.3, -0.25) is 9.69 Å². The van der Waals surface area contributed by atoms with Gasteiger partial charge in [0.1, 0.15) is 4.32 Å². The second-order valence-corrected chi connectivity index (χ2v) is 7.87. The Labute approximate surface area is 178 Å². The number of thioether (sulfide) groups is 1. The second-order valence-electron chi connectivity index (χ2n) is 6.19. The van der Waals surface area contributed by atoms with Crippen molar-refractivity contribution in [1.82, 2.24) is 4.90 Å². The predicted molar refractivity (Wildman–Crippen MR) is 113 cm³/mol. The molecule has 150 valence electrons. The lowest BCUT2D eigenvalue weighted by atomic mass is 10.0. The van der Waals surface area contributed by atoms with E-state index in [1.807, 2.05) is 18.2 Å².